The maximum absolute atomic E-state index is 12.6. The van der Waals surface area contributed by atoms with Gasteiger partial charge in [-0.25, -0.2) is 24.9 Å². The van der Waals surface area contributed by atoms with Crippen LogP contribution in [0.1, 0.15) is 26.0 Å². The van der Waals surface area contributed by atoms with Crippen LogP contribution in [-0.2, 0) is 42.8 Å². The predicted molar refractivity (Wildman–Crippen MR) is 260 cm³/mol. The molecule has 0 aliphatic carbocycles. The summed E-state index contributed by atoms with van der Waals surface area (Å²) in [5, 5.41) is 0. The van der Waals surface area contributed by atoms with E-state index < -0.39 is 10.1 Å². The van der Waals surface area contributed by atoms with Crippen LogP contribution in [0.4, 0.5) is 0 Å². The Morgan fingerprint density at radius 2 is 0.742 bits per heavy atom. The number of aryl methyl sites for hydroxylation is 2. The van der Waals surface area contributed by atoms with Crippen molar-refractivity contribution in [1.29, 1.82) is 0 Å². The second kappa shape index (κ2) is 16.7. The number of fused-ring (bicyclic) bond motifs is 5. The summed E-state index contributed by atoms with van der Waals surface area (Å²) in [6.07, 6.45) is 0. The summed E-state index contributed by atoms with van der Waals surface area (Å²) >= 11 is 0. The van der Waals surface area contributed by atoms with Crippen molar-refractivity contribution in [2.24, 2.45) is 0 Å². The fourth-order valence-electron chi connectivity index (χ4n) is 8.28. The fraction of sp³-hybridized carbons (Fsp3) is 0.0784. The van der Waals surface area contributed by atoms with E-state index in [1.54, 1.807) is 6.07 Å². The zero-order chi connectivity index (χ0) is 42.6. The van der Waals surface area contributed by atoms with Crippen LogP contribution in [0.15, 0.2) is 138 Å². The Morgan fingerprint density at radius 3 is 1.26 bits per heavy atom. The van der Waals surface area contributed by atoms with Crippen molar-refractivity contribution in [3.8, 4) is 68.1 Å². The zero-order valence-corrected chi connectivity index (χ0v) is 37.8. The maximum Gasteiger partial charge on any atom is 0.294 e. The van der Waals surface area contributed by atoms with Crippen LogP contribution in [0.3, 0.4) is 0 Å². The molecule has 5 aromatic heterocycles. The van der Waals surface area contributed by atoms with Gasteiger partial charge in [-0.05, 0) is 127 Å². The molecule has 0 saturated heterocycles. The first-order valence-corrected chi connectivity index (χ1v) is 21.6. The topological polar surface area (TPSA) is 198 Å². The van der Waals surface area contributed by atoms with Gasteiger partial charge in [0.15, 0.2) is 0 Å². The van der Waals surface area contributed by atoms with Crippen LogP contribution >= 0.6 is 0 Å². The van der Waals surface area contributed by atoms with E-state index in [0.717, 1.165) is 94.7 Å². The number of imidazole rings is 5. The molecule has 15 heteroatoms. The molecular weight excluding hydrogens is 922 g/mol. The summed E-state index contributed by atoms with van der Waals surface area (Å²) in [5.74, 6) is 3.13. The van der Waals surface area contributed by atoms with Crippen LogP contribution in [0.5, 0.6) is 0 Å². The fourth-order valence-corrected chi connectivity index (χ4v) is 8.83. The summed E-state index contributed by atoms with van der Waals surface area (Å²) in [7, 11) is -4.59. The van der Waals surface area contributed by atoms with E-state index >= 15 is 0 Å². The molecule has 0 fully saturated rings. The molecule has 66 heavy (non-hydrogen) atoms. The summed E-state index contributed by atoms with van der Waals surface area (Å²) < 4.78 is 35.4. The molecule has 0 aliphatic rings. The number of H-pyrrole nitrogens is 5. The number of aromatic nitrogens is 10. The summed E-state index contributed by atoms with van der Waals surface area (Å²) in [6, 6.07) is 42.9. The number of rotatable bonds is 7. The number of nitrogens with one attached hydrogen (secondary N) is 5. The Kier molecular flexibility index (Phi) is 11.2. The predicted octanol–water partition coefficient (Wildman–Crippen LogP) is 12.2. The quantitative estimate of drug-likeness (QED) is 0.0848. The van der Waals surface area contributed by atoms with Gasteiger partial charge in [-0.3, -0.25) is 4.55 Å². The van der Waals surface area contributed by atoms with Crippen molar-refractivity contribution >= 4 is 65.3 Å². The van der Waals surface area contributed by atoms with E-state index in [1.165, 1.54) is 12.1 Å². The second-order valence-electron chi connectivity index (χ2n) is 16.0. The zero-order valence-electron chi connectivity index (χ0n) is 34.2. The van der Waals surface area contributed by atoms with Gasteiger partial charge in [-0.15, -0.1) is 0 Å². The van der Waals surface area contributed by atoms with Gasteiger partial charge < -0.3 is 24.9 Å². The summed E-state index contributed by atoms with van der Waals surface area (Å²) in [6.45, 7) is 4.10. The van der Waals surface area contributed by atoms with Crippen molar-refractivity contribution in [2.45, 2.75) is 33.6 Å². The second-order valence-corrected chi connectivity index (χ2v) is 17.4. The third-order valence-electron chi connectivity index (χ3n) is 11.5. The normalized spacial score (nSPS) is 11.6. The van der Waals surface area contributed by atoms with Crippen molar-refractivity contribution < 1.29 is 45.7 Å². The standard InChI is InChI=1S/C49H34N10O3S.2CH4.Y/c1-25-6-11-35-40(16-25)55-45(50-35)29-4-3-5-30(18-29)46-52-37-13-8-27(22-42(37)57-46)28-9-14-38-43(23-28)58-48(53-38)32-19-33(21-34(20-32)63(60,61)62)49-54-39-15-10-31(24-44(39)59-49)47-51-36-12-7-26(2)17-41(36)56-47;;;/h3-24H,1-2H3,(H,50,55)(H,51,56)(H,52,57)(H,53,58)(H,54,59)(H,60,61,62);2*1H4;. The first-order chi connectivity index (χ1) is 30.5. The van der Waals surface area contributed by atoms with Crippen LogP contribution in [-0.4, -0.2) is 62.8 Å². The Bertz CT molecular complexity index is 3950. The molecule has 0 atom stereocenters. The molecule has 7 aromatic carbocycles. The third kappa shape index (κ3) is 7.91. The minimum absolute atomic E-state index is 0. The first kappa shape index (κ1) is 44.1. The van der Waals surface area contributed by atoms with Gasteiger partial charge in [0.1, 0.15) is 29.1 Å². The SMILES string of the molecule is C.C.Cc1ccc2[nH]c(-c3cccc(-c4nc5cc(-c6ccc7[nH]c(-c8cc(-c9nc%10cc(-c%11nc%12ccc(C)cc%12[nH]%11)ccc%10[nH]9)cc(S(=O)(=O)O)c8)nc7c6)ccc5[nH]4)c3)nc2c1.[Y]. The smallest absolute Gasteiger partial charge is 0.294 e. The molecule has 12 aromatic rings. The Morgan fingerprint density at radius 1 is 0.379 bits per heavy atom. The monoisotopic (exact) mass is 963 g/mol. The van der Waals surface area contributed by atoms with E-state index in [4.69, 9.17) is 24.9 Å². The summed E-state index contributed by atoms with van der Waals surface area (Å²) in [4.78, 5) is 41.0. The van der Waals surface area contributed by atoms with Crippen molar-refractivity contribution in [1.82, 2.24) is 49.8 Å². The van der Waals surface area contributed by atoms with Gasteiger partial charge in [0, 0.05) is 60.5 Å². The van der Waals surface area contributed by atoms with Gasteiger partial charge in [-0.1, -0.05) is 57.3 Å². The van der Waals surface area contributed by atoms with E-state index in [2.05, 4.69) is 62.2 Å². The molecule has 0 unspecified atom stereocenters. The van der Waals surface area contributed by atoms with Crippen molar-refractivity contribution in [2.75, 3.05) is 0 Å². The molecule has 13 nitrogen and oxygen atoms in total. The van der Waals surface area contributed by atoms with E-state index in [9.17, 15) is 13.0 Å². The van der Waals surface area contributed by atoms with Crippen LogP contribution in [0.2, 0.25) is 0 Å². The van der Waals surface area contributed by atoms with E-state index in [0.29, 0.717) is 39.6 Å². The molecule has 323 valence electrons. The van der Waals surface area contributed by atoms with Gasteiger partial charge >= 0.3 is 0 Å². The molecule has 6 N–H and O–H groups in total. The molecule has 0 aliphatic heterocycles. The van der Waals surface area contributed by atoms with Crippen LogP contribution in [0, 0.1) is 13.8 Å². The molecule has 0 amide bonds. The number of nitrogens with zero attached hydrogens (tertiary/aromatic N) is 5. The molecular formula is C51H42N10O3SY. The van der Waals surface area contributed by atoms with E-state index in [-0.39, 0.29) is 52.5 Å². The Hall–Kier alpha value is -7.10. The Labute approximate surface area is 404 Å². The Balaban J connectivity index is 0.00000183. The molecule has 12 rings (SSSR count). The molecule has 0 bridgehead atoms. The maximum atomic E-state index is 12.6. The van der Waals surface area contributed by atoms with Gasteiger partial charge in [0.25, 0.3) is 10.1 Å². The number of hydrogen-bond donors (Lipinski definition) is 6. The first-order valence-electron chi connectivity index (χ1n) is 20.2. The van der Waals surface area contributed by atoms with Crippen LogP contribution in [0.25, 0.3) is 123 Å². The average molecular weight is 964 g/mol. The van der Waals surface area contributed by atoms with Crippen LogP contribution < -0.4 is 0 Å². The average Bonchev–Trinajstić information content (AvgIpc) is 4.13. The largest absolute Gasteiger partial charge is 0.338 e. The molecule has 0 spiro atoms. The minimum atomic E-state index is -4.59. The van der Waals surface area contributed by atoms with Gasteiger partial charge in [0.2, 0.25) is 0 Å². The number of benzene rings is 7. The van der Waals surface area contributed by atoms with Crippen molar-refractivity contribution in [3.63, 3.8) is 0 Å². The minimum Gasteiger partial charge on any atom is -0.338 e. The molecule has 5 heterocycles. The van der Waals surface area contributed by atoms with Gasteiger partial charge in [-0.2, -0.15) is 8.42 Å². The molecule has 1 radical (unpaired) electrons. The number of hydrogen-bond acceptors (Lipinski definition) is 7. The van der Waals surface area contributed by atoms with Gasteiger partial charge in [0.05, 0.1) is 60.1 Å². The van der Waals surface area contributed by atoms with Crippen molar-refractivity contribution in [3.05, 3.63) is 145 Å². The summed E-state index contributed by atoms with van der Waals surface area (Å²) in [5.41, 5.74) is 16.2. The molecule has 0 saturated carbocycles. The van der Waals surface area contributed by atoms with E-state index in [1.807, 2.05) is 91.9 Å². The number of aromatic amines is 5. The third-order valence-corrected chi connectivity index (χ3v) is 12.3.